The highest BCUT2D eigenvalue weighted by Gasteiger charge is 2.27. The van der Waals surface area contributed by atoms with Crippen molar-refractivity contribution in [3.05, 3.63) is 60.1 Å². The van der Waals surface area contributed by atoms with Crippen molar-refractivity contribution >= 4 is 29.4 Å². The van der Waals surface area contributed by atoms with Gasteiger partial charge in [-0.2, -0.15) is 0 Å². The van der Waals surface area contributed by atoms with Crippen LogP contribution in [0.25, 0.3) is 0 Å². The third-order valence-electron chi connectivity index (χ3n) is 4.99. The lowest BCUT2D eigenvalue weighted by molar-refractivity contribution is -0.128. The Kier molecular flexibility index (Phi) is 11.1. The zero-order chi connectivity index (χ0) is 23.3. The number of furan rings is 1. The van der Waals surface area contributed by atoms with Crippen LogP contribution in [-0.4, -0.2) is 35.4 Å². The predicted molar refractivity (Wildman–Crippen MR) is 128 cm³/mol. The standard InChI is InChI=1S/C25H34N2O4S/c1-4-5-13-21(23(28)17-32-16-20-12-9-14-31-20)26-25(30)22(15-18(2)3)27-24(29)19-10-7-6-8-11-19/h6-12,14,18,21-22H,4-5,13,15-17H2,1-3H3,(H,26,30)(H,27,29). The maximum absolute atomic E-state index is 13.1. The van der Waals surface area contributed by atoms with Gasteiger partial charge in [-0.15, -0.1) is 11.8 Å². The number of carbonyl (C=O) groups is 3. The molecule has 0 bridgehead atoms. The molecule has 0 radical (unpaired) electrons. The van der Waals surface area contributed by atoms with Crippen molar-refractivity contribution < 1.29 is 18.8 Å². The van der Waals surface area contributed by atoms with Crippen molar-refractivity contribution in [2.75, 3.05) is 5.75 Å². The monoisotopic (exact) mass is 458 g/mol. The SMILES string of the molecule is CCCCC(NC(=O)C(CC(C)C)NC(=O)c1ccccc1)C(=O)CSCc1ccco1. The molecule has 0 fully saturated rings. The lowest BCUT2D eigenvalue weighted by Crippen LogP contribution is -2.52. The Bertz CT molecular complexity index is 837. The number of hydrogen-bond donors (Lipinski definition) is 2. The fourth-order valence-corrected chi connectivity index (χ4v) is 4.15. The molecule has 0 aliphatic carbocycles. The second kappa shape index (κ2) is 13.8. The Morgan fingerprint density at radius 3 is 2.38 bits per heavy atom. The number of amides is 2. The van der Waals surface area contributed by atoms with Crippen molar-refractivity contribution in [3.63, 3.8) is 0 Å². The van der Waals surface area contributed by atoms with E-state index in [-0.39, 0.29) is 23.5 Å². The summed E-state index contributed by atoms with van der Waals surface area (Å²) in [7, 11) is 0. The molecule has 0 aliphatic heterocycles. The fourth-order valence-electron chi connectivity index (χ4n) is 3.28. The summed E-state index contributed by atoms with van der Waals surface area (Å²) < 4.78 is 5.30. The Hall–Kier alpha value is -2.54. The van der Waals surface area contributed by atoms with Crippen LogP contribution in [0.2, 0.25) is 0 Å². The number of rotatable bonds is 14. The van der Waals surface area contributed by atoms with E-state index in [0.717, 1.165) is 18.6 Å². The second-order valence-electron chi connectivity index (χ2n) is 8.26. The number of Topliss-reactive ketones (excluding diaryl/α,β-unsaturated/α-hetero) is 1. The highest BCUT2D eigenvalue weighted by molar-refractivity contribution is 7.99. The summed E-state index contributed by atoms with van der Waals surface area (Å²) in [5.74, 6) is 1.30. The van der Waals surface area contributed by atoms with Crippen molar-refractivity contribution in [2.45, 2.75) is 64.3 Å². The summed E-state index contributed by atoms with van der Waals surface area (Å²) in [5.41, 5.74) is 0.502. The maximum Gasteiger partial charge on any atom is 0.251 e. The van der Waals surface area contributed by atoms with Gasteiger partial charge in [0.15, 0.2) is 5.78 Å². The van der Waals surface area contributed by atoms with Crippen LogP contribution in [0.5, 0.6) is 0 Å². The van der Waals surface area contributed by atoms with Gasteiger partial charge >= 0.3 is 0 Å². The summed E-state index contributed by atoms with van der Waals surface area (Å²) in [4.78, 5) is 38.5. The van der Waals surface area contributed by atoms with Crippen molar-refractivity contribution in [3.8, 4) is 0 Å². The van der Waals surface area contributed by atoms with E-state index >= 15 is 0 Å². The highest BCUT2D eigenvalue weighted by atomic mass is 32.2. The van der Waals surface area contributed by atoms with Crippen LogP contribution in [0.1, 0.15) is 62.6 Å². The van der Waals surface area contributed by atoms with E-state index in [9.17, 15) is 14.4 Å². The highest BCUT2D eigenvalue weighted by Crippen LogP contribution is 2.15. The molecule has 2 amide bonds. The van der Waals surface area contributed by atoms with Gasteiger partial charge in [-0.3, -0.25) is 14.4 Å². The van der Waals surface area contributed by atoms with Gasteiger partial charge in [0.1, 0.15) is 11.8 Å². The van der Waals surface area contributed by atoms with E-state index in [2.05, 4.69) is 17.6 Å². The zero-order valence-corrected chi connectivity index (χ0v) is 20.0. The average Bonchev–Trinajstić information content (AvgIpc) is 3.29. The third-order valence-corrected chi connectivity index (χ3v) is 5.96. The second-order valence-corrected chi connectivity index (χ2v) is 9.25. The number of hydrogen-bond acceptors (Lipinski definition) is 5. The van der Waals surface area contributed by atoms with Crippen LogP contribution < -0.4 is 10.6 Å². The van der Waals surface area contributed by atoms with Gasteiger partial charge in [-0.25, -0.2) is 0 Å². The first-order chi connectivity index (χ1) is 15.4. The molecule has 0 saturated heterocycles. The maximum atomic E-state index is 13.1. The molecule has 32 heavy (non-hydrogen) atoms. The summed E-state index contributed by atoms with van der Waals surface area (Å²) in [6.07, 6.45) is 4.46. The predicted octanol–water partition coefficient (Wildman–Crippen LogP) is 4.60. The number of thioether (sulfide) groups is 1. The number of nitrogens with one attached hydrogen (secondary N) is 2. The van der Waals surface area contributed by atoms with E-state index in [1.807, 2.05) is 32.0 Å². The summed E-state index contributed by atoms with van der Waals surface area (Å²) >= 11 is 1.47. The summed E-state index contributed by atoms with van der Waals surface area (Å²) in [5, 5.41) is 5.76. The minimum Gasteiger partial charge on any atom is -0.468 e. The van der Waals surface area contributed by atoms with Crippen molar-refractivity contribution in [1.29, 1.82) is 0 Å². The van der Waals surface area contributed by atoms with Crippen LogP contribution in [0.15, 0.2) is 53.1 Å². The van der Waals surface area contributed by atoms with Crippen LogP contribution in [0.4, 0.5) is 0 Å². The van der Waals surface area contributed by atoms with E-state index in [0.29, 0.717) is 29.9 Å². The molecular weight excluding hydrogens is 424 g/mol. The number of benzene rings is 1. The van der Waals surface area contributed by atoms with Crippen LogP contribution >= 0.6 is 11.8 Å². The number of unbranched alkanes of at least 4 members (excludes halogenated alkanes) is 1. The van der Waals surface area contributed by atoms with Gasteiger partial charge in [0.2, 0.25) is 5.91 Å². The molecule has 2 unspecified atom stereocenters. The first kappa shape index (κ1) is 25.7. The van der Waals surface area contributed by atoms with Crippen LogP contribution in [-0.2, 0) is 15.3 Å². The van der Waals surface area contributed by atoms with Crippen LogP contribution in [0, 0.1) is 5.92 Å². The average molecular weight is 459 g/mol. The third kappa shape index (κ3) is 8.91. The Morgan fingerprint density at radius 2 is 1.75 bits per heavy atom. The minimum absolute atomic E-state index is 0.0129. The van der Waals surface area contributed by atoms with Gasteiger partial charge in [0, 0.05) is 5.56 Å². The molecule has 2 N–H and O–H groups in total. The lowest BCUT2D eigenvalue weighted by atomic mass is 10.0. The molecule has 1 heterocycles. The fraction of sp³-hybridized carbons (Fsp3) is 0.480. The molecule has 0 spiro atoms. The molecule has 2 atom stereocenters. The Morgan fingerprint density at radius 1 is 1.00 bits per heavy atom. The van der Waals surface area contributed by atoms with E-state index < -0.39 is 12.1 Å². The number of ketones is 1. The minimum atomic E-state index is -0.699. The Balaban J connectivity index is 2.00. The molecule has 0 aliphatic rings. The van der Waals surface area contributed by atoms with Gasteiger partial charge in [-0.1, -0.05) is 51.8 Å². The largest absolute Gasteiger partial charge is 0.468 e. The summed E-state index contributed by atoms with van der Waals surface area (Å²) in [6, 6.07) is 11.3. The lowest BCUT2D eigenvalue weighted by Gasteiger charge is -2.24. The Labute approximate surface area is 194 Å². The molecule has 7 heteroatoms. The molecule has 1 aromatic heterocycles. The topological polar surface area (TPSA) is 88.4 Å². The first-order valence-corrected chi connectivity index (χ1v) is 12.3. The normalized spacial score (nSPS) is 12.9. The van der Waals surface area contributed by atoms with E-state index in [1.54, 1.807) is 30.5 Å². The molecule has 2 aromatic rings. The molecule has 0 saturated carbocycles. The molecule has 2 rings (SSSR count). The summed E-state index contributed by atoms with van der Waals surface area (Å²) in [6.45, 7) is 6.05. The van der Waals surface area contributed by atoms with E-state index in [4.69, 9.17) is 4.42 Å². The smallest absolute Gasteiger partial charge is 0.251 e. The van der Waals surface area contributed by atoms with E-state index in [1.165, 1.54) is 11.8 Å². The van der Waals surface area contributed by atoms with Crippen molar-refractivity contribution in [2.24, 2.45) is 5.92 Å². The first-order valence-electron chi connectivity index (χ1n) is 11.2. The number of carbonyl (C=O) groups excluding carboxylic acids is 3. The quantitative estimate of drug-likeness (QED) is 0.432. The zero-order valence-electron chi connectivity index (χ0n) is 19.1. The van der Waals surface area contributed by atoms with Gasteiger partial charge in [0.25, 0.3) is 5.91 Å². The van der Waals surface area contributed by atoms with Gasteiger partial charge < -0.3 is 15.1 Å². The van der Waals surface area contributed by atoms with Gasteiger partial charge in [0.05, 0.1) is 23.8 Å². The molecule has 174 valence electrons. The molecule has 1 aromatic carbocycles. The van der Waals surface area contributed by atoms with Gasteiger partial charge in [-0.05, 0) is 43.0 Å². The molecular formula is C25H34N2O4S. The molecule has 6 nitrogen and oxygen atoms in total. The van der Waals surface area contributed by atoms with Crippen LogP contribution in [0.3, 0.4) is 0 Å². The van der Waals surface area contributed by atoms with Crippen molar-refractivity contribution in [1.82, 2.24) is 10.6 Å².